The SMILES string of the molecule is Nc1cc2ccc(F)c(F)c2cn1. The van der Waals surface area contributed by atoms with Gasteiger partial charge < -0.3 is 5.73 Å². The predicted molar refractivity (Wildman–Crippen MR) is 46.1 cm³/mol. The molecule has 4 heteroatoms. The van der Waals surface area contributed by atoms with Crippen molar-refractivity contribution in [1.82, 2.24) is 4.98 Å². The first-order valence-electron chi connectivity index (χ1n) is 3.68. The van der Waals surface area contributed by atoms with E-state index < -0.39 is 11.6 Å². The Morgan fingerprint density at radius 1 is 1.23 bits per heavy atom. The van der Waals surface area contributed by atoms with Gasteiger partial charge in [0.15, 0.2) is 11.6 Å². The Morgan fingerprint density at radius 3 is 2.77 bits per heavy atom. The molecular formula is C9H6F2N2. The van der Waals surface area contributed by atoms with Crippen LogP contribution in [0.25, 0.3) is 10.8 Å². The predicted octanol–water partition coefficient (Wildman–Crippen LogP) is 2.10. The third-order valence-corrected chi connectivity index (χ3v) is 1.81. The Kier molecular flexibility index (Phi) is 1.62. The molecule has 0 radical (unpaired) electrons. The summed E-state index contributed by atoms with van der Waals surface area (Å²) in [6, 6.07) is 4.03. The Morgan fingerprint density at radius 2 is 2.00 bits per heavy atom. The van der Waals surface area contributed by atoms with Crippen LogP contribution in [0, 0.1) is 11.6 Å². The van der Waals surface area contributed by atoms with Crippen LogP contribution in [0.15, 0.2) is 24.4 Å². The lowest BCUT2D eigenvalue weighted by Gasteiger charge is -2.00. The number of hydrogen-bond acceptors (Lipinski definition) is 2. The van der Waals surface area contributed by atoms with E-state index in [1.54, 1.807) is 0 Å². The summed E-state index contributed by atoms with van der Waals surface area (Å²) >= 11 is 0. The van der Waals surface area contributed by atoms with E-state index in [2.05, 4.69) is 4.98 Å². The summed E-state index contributed by atoms with van der Waals surface area (Å²) in [6.07, 6.45) is 1.23. The van der Waals surface area contributed by atoms with Gasteiger partial charge in [-0.25, -0.2) is 13.8 Å². The molecule has 0 amide bonds. The molecule has 0 unspecified atom stereocenters. The summed E-state index contributed by atoms with van der Waals surface area (Å²) in [5.74, 6) is -1.47. The summed E-state index contributed by atoms with van der Waals surface area (Å²) < 4.78 is 25.8. The molecule has 0 saturated carbocycles. The Bertz CT molecular complexity index is 468. The highest BCUT2D eigenvalue weighted by atomic mass is 19.2. The third-order valence-electron chi connectivity index (χ3n) is 1.81. The summed E-state index contributed by atoms with van der Waals surface area (Å²) in [4.78, 5) is 3.68. The van der Waals surface area contributed by atoms with Crippen LogP contribution in [0.2, 0.25) is 0 Å². The molecule has 0 spiro atoms. The van der Waals surface area contributed by atoms with Crippen molar-refractivity contribution in [2.75, 3.05) is 5.73 Å². The number of nitrogen functional groups attached to an aromatic ring is 1. The highest BCUT2D eigenvalue weighted by Crippen LogP contribution is 2.20. The van der Waals surface area contributed by atoms with E-state index >= 15 is 0 Å². The number of fused-ring (bicyclic) bond motifs is 1. The van der Waals surface area contributed by atoms with Crippen LogP contribution in [0.4, 0.5) is 14.6 Å². The number of aromatic nitrogens is 1. The minimum atomic E-state index is -0.884. The molecule has 1 aromatic carbocycles. The second kappa shape index (κ2) is 2.65. The summed E-state index contributed by atoms with van der Waals surface area (Å²) in [5.41, 5.74) is 5.38. The highest BCUT2D eigenvalue weighted by molar-refractivity contribution is 5.84. The van der Waals surface area contributed by atoms with Crippen LogP contribution in [0.3, 0.4) is 0 Å². The van der Waals surface area contributed by atoms with Crippen LogP contribution >= 0.6 is 0 Å². The van der Waals surface area contributed by atoms with Gasteiger partial charge in [0.05, 0.1) is 0 Å². The zero-order chi connectivity index (χ0) is 9.42. The maximum absolute atomic E-state index is 13.1. The molecule has 0 aliphatic rings. The number of rotatable bonds is 0. The lowest BCUT2D eigenvalue weighted by atomic mass is 10.1. The number of nitrogens with zero attached hydrogens (tertiary/aromatic N) is 1. The minimum Gasteiger partial charge on any atom is -0.384 e. The smallest absolute Gasteiger partial charge is 0.168 e. The molecule has 0 aliphatic heterocycles. The standard InChI is InChI=1S/C9H6F2N2/c10-7-2-1-5-3-8(12)13-4-6(5)9(7)11/h1-4H,(H2,12,13). The molecule has 13 heavy (non-hydrogen) atoms. The quantitative estimate of drug-likeness (QED) is 0.674. The van der Waals surface area contributed by atoms with Gasteiger partial charge in [0.2, 0.25) is 0 Å². The van der Waals surface area contributed by atoms with E-state index in [0.717, 1.165) is 6.07 Å². The number of pyridine rings is 1. The van der Waals surface area contributed by atoms with Gasteiger partial charge in [0.25, 0.3) is 0 Å². The zero-order valence-electron chi connectivity index (χ0n) is 6.59. The van der Waals surface area contributed by atoms with Crippen LogP contribution < -0.4 is 5.73 Å². The Labute approximate surface area is 73.0 Å². The third kappa shape index (κ3) is 1.20. The maximum Gasteiger partial charge on any atom is 0.168 e. The van der Waals surface area contributed by atoms with E-state index in [4.69, 9.17) is 5.73 Å². The van der Waals surface area contributed by atoms with Gasteiger partial charge in [-0.2, -0.15) is 0 Å². The normalized spacial score (nSPS) is 10.6. The van der Waals surface area contributed by atoms with Crippen molar-refractivity contribution in [2.45, 2.75) is 0 Å². The monoisotopic (exact) mass is 180 g/mol. The molecule has 2 nitrogen and oxygen atoms in total. The first-order chi connectivity index (χ1) is 6.18. The first-order valence-corrected chi connectivity index (χ1v) is 3.68. The zero-order valence-corrected chi connectivity index (χ0v) is 6.59. The van der Waals surface area contributed by atoms with E-state index in [0.29, 0.717) is 11.2 Å². The second-order valence-electron chi connectivity index (χ2n) is 2.69. The highest BCUT2D eigenvalue weighted by Gasteiger charge is 2.06. The number of nitrogens with two attached hydrogens (primary N) is 1. The summed E-state index contributed by atoms with van der Waals surface area (Å²) in [7, 11) is 0. The molecular weight excluding hydrogens is 174 g/mol. The van der Waals surface area contributed by atoms with Crippen molar-refractivity contribution in [3.8, 4) is 0 Å². The minimum absolute atomic E-state index is 0.147. The largest absolute Gasteiger partial charge is 0.384 e. The second-order valence-corrected chi connectivity index (χ2v) is 2.69. The average molecular weight is 180 g/mol. The fourth-order valence-electron chi connectivity index (χ4n) is 1.17. The van der Waals surface area contributed by atoms with Gasteiger partial charge >= 0.3 is 0 Å². The van der Waals surface area contributed by atoms with E-state index in [-0.39, 0.29) is 5.39 Å². The van der Waals surface area contributed by atoms with Crippen molar-refractivity contribution in [3.63, 3.8) is 0 Å². The van der Waals surface area contributed by atoms with Gasteiger partial charge in [-0.1, -0.05) is 6.07 Å². The van der Waals surface area contributed by atoms with Gasteiger partial charge in [-0.3, -0.25) is 0 Å². The number of hydrogen-bond donors (Lipinski definition) is 1. The topological polar surface area (TPSA) is 38.9 Å². The molecule has 0 fully saturated rings. The van der Waals surface area contributed by atoms with Crippen LogP contribution in [0.1, 0.15) is 0 Å². The Hall–Kier alpha value is -1.71. The summed E-state index contributed by atoms with van der Waals surface area (Å²) in [6.45, 7) is 0. The van der Waals surface area contributed by atoms with Crippen LogP contribution in [0.5, 0.6) is 0 Å². The Balaban J connectivity index is 2.87. The van der Waals surface area contributed by atoms with Crippen molar-refractivity contribution in [3.05, 3.63) is 36.0 Å². The number of benzene rings is 1. The lowest BCUT2D eigenvalue weighted by molar-refractivity contribution is 0.517. The van der Waals surface area contributed by atoms with Crippen LogP contribution in [-0.4, -0.2) is 4.98 Å². The molecule has 0 saturated heterocycles. The van der Waals surface area contributed by atoms with Crippen molar-refractivity contribution in [1.29, 1.82) is 0 Å². The van der Waals surface area contributed by atoms with Crippen molar-refractivity contribution >= 4 is 16.6 Å². The maximum atomic E-state index is 13.1. The lowest BCUT2D eigenvalue weighted by Crippen LogP contribution is -1.92. The van der Waals surface area contributed by atoms with E-state index in [9.17, 15) is 8.78 Å². The average Bonchev–Trinajstić information content (AvgIpc) is 2.12. The first kappa shape index (κ1) is 7.91. The molecule has 1 aromatic heterocycles. The van der Waals surface area contributed by atoms with E-state index in [1.165, 1.54) is 18.3 Å². The molecule has 0 atom stereocenters. The van der Waals surface area contributed by atoms with Gasteiger partial charge in [0.1, 0.15) is 5.82 Å². The molecule has 2 aromatic rings. The van der Waals surface area contributed by atoms with Crippen LogP contribution in [-0.2, 0) is 0 Å². The van der Waals surface area contributed by atoms with Crippen molar-refractivity contribution < 1.29 is 8.78 Å². The summed E-state index contributed by atoms with van der Waals surface area (Å²) in [5, 5.41) is 0.695. The number of halogens is 2. The molecule has 0 bridgehead atoms. The fraction of sp³-hybridized carbons (Fsp3) is 0. The van der Waals surface area contributed by atoms with Gasteiger partial charge in [0, 0.05) is 11.6 Å². The number of anilines is 1. The molecule has 1 heterocycles. The molecule has 66 valence electrons. The molecule has 2 N–H and O–H groups in total. The van der Waals surface area contributed by atoms with Crippen molar-refractivity contribution in [2.24, 2.45) is 0 Å². The van der Waals surface area contributed by atoms with E-state index in [1.807, 2.05) is 0 Å². The fourth-order valence-corrected chi connectivity index (χ4v) is 1.17. The van der Waals surface area contributed by atoms with Gasteiger partial charge in [-0.05, 0) is 17.5 Å². The molecule has 0 aliphatic carbocycles. The van der Waals surface area contributed by atoms with Gasteiger partial charge in [-0.15, -0.1) is 0 Å². The molecule has 2 rings (SSSR count).